The van der Waals surface area contributed by atoms with Crippen molar-refractivity contribution in [1.29, 1.82) is 0 Å². The monoisotopic (exact) mass is 229 g/mol. The summed E-state index contributed by atoms with van der Waals surface area (Å²) >= 11 is 0. The second-order valence-corrected chi connectivity index (χ2v) is 4.92. The smallest absolute Gasteiger partial charge is 0.132 e. The van der Waals surface area contributed by atoms with Gasteiger partial charge in [-0.05, 0) is 23.8 Å². The first-order chi connectivity index (χ1) is 7.39. The fraction of sp³-hybridized carbons (Fsp3) is 0.500. The highest BCUT2D eigenvalue weighted by Crippen LogP contribution is 2.64. The van der Waals surface area contributed by atoms with Crippen LogP contribution in [0.15, 0.2) is 12.1 Å². The Kier molecular flexibility index (Phi) is 2.49. The lowest BCUT2D eigenvalue weighted by molar-refractivity contribution is 0.507. The van der Waals surface area contributed by atoms with E-state index in [0.717, 1.165) is 12.1 Å². The molecular formula is C12H14F3N. The summed E-state index contributed by atoms with van der Waals surface area (Å²) in [7, 11) is 0. The molecule has 0 aromatic heterocycles. The van der Waals surface area contributed by atoms with Crippen LogP contribution < -0.4 is 5.73 Å². The molecule has 1 aromatic rings. The molecule has 0 amide bonds. The first kappa shape index (κ1) is 11.5. The van der Waals surface area contributed by atoms with E-state index in [1.54, 1.807) is 0 Å². The molecule has 0 unspecified atom stereocenters. The predicted molar refractivity (Wildman–Crippen MR) is 55.4 cm³/mol. The molecule has 16 heavy (non-hydrogen) atoms. The van der Waals surface area contributed by atoms with E-state index >= 15 is 0 Å². The summed E-state index contributed by atoms with van der Waals surface area (Å²) in [4.78, 5) is 0. The van der Waals surface area contributed by atoms with Gasteiger partial charge in [-0.25, -0.2) is 13.2 Å². The molecule has 2 atom stereocenters. The predicted octanol–water partition coefficient (Wildman–Crippen LogP) is 2.80. The van der Waals surface area contributed by atoms with Crippen molar-refractivity contribution in [2.75, 3.05) is 6.54 Å². The molecule has 2 rings (SSSR count). The third-order valence-electron chi connectivity index (χ3n) is 3.66. The Bertz CT molecular complexity index is 405. The summed E-state index contributed by atoms with van der Waals surface area (Å²) in [6.45, 7) is 4.21. The Morgan fingerprint density at radius 1 is 1.19 bits per heavy atom. The van der Waals surface area contributed by atoms with Gasteiger partial charge in [-0.3, -0.25) is 0 Å². The van der Waals surface area contributed by atoms with Gasteiger partial charge >= 0.3 is 0 Å². The molecule has 1 aromatic carbocycles. The van der Waals surface area contributed by atoms with Gasteiger partial charge in [0.05, 0.1) is 0 Å². The van der Waals surface area contributed by atoms with Crippen LogP contribution in [0.2, 0.25) is 0 Å². The van der Waals surface area contributed by atoms with Crippen LogP contribution in [0.5, 0.6) is 0 Å². The van der Waals surface area contributed by atoms with E-state index < -0.39 is 17.5 Å². The Morgan fingerprint density at radius 2 is 1.69 bits per heavy atom. The standard InChI is InChI=1S/C12H14F3N/c1-12(2)7(5-16)11(12)10-8(14)3-6(13)4-9(10)15/h3-4,7,11H,5,16H2,1-2H3/t7-,11+/m1/s1. The van der Waals surface area contributed by atoms with Crippen molar-refractivity contribution in [1.82, 2.24) is 0 Å². The molecule has 0 bridgehead atoms. The second-order valence-electron chi connectivity index (χ2n) is 4.92. The Hall–Kier alpha value is -1.03. The summed E-state index contributed by atoms with van der Waals surface area (Å²) in [5.41, 5.74) is 5.31. The molecule has 1 saturated carbocycles. The van der Waals surface area contributed by atoms with Gasteiger partial charge in [0.2, 0.25) is 0 Å². The SMILES string of the molecule is CC1(C)[C@H](CN)[C@H]1c1c(F)cc(F)cc1F. The maximum Gasteiger partial charge on any atom is 0.132 e. The molecule has 1 nitrogen and oxygen atoms in total. The number of halogens is 3. The minimum atomic E-state index is -0.887. The number of hydrogen-bond donors (Lipinski definition) is 1. The lowest BCUT2D eigenvalue weighted by Gasteiger charge is -2.06. The lowest BCUT2D eigenvalue weighted by atomic mass is 10.0. The zero-order valence-corrected chi connectivity index (χ0v) is 9.23. The maximum absolute atomic E-state index is 13.5. The van der Waals surface area contributed by atoms with Crippen molar-refractivity contribution in [2.45, 2.75) is 19.8 Å². The van der Waals surface area contributed by atoms with Gasteiger partial charge in [-0.1, -0.05) is 13.8 Å². The molecule has 0 saturated heterocycles. The molecule has 1 aliphatic rings. The van der Waals surface area contributed by atoms with Crippen molar-refractivity contribution in [3.05, 3.63) is 35.1 Å². The fourth-order valence-corrected chi connectivity index (χ4v) is 2.61. The van der Waals surface area contributed by atoms with Crippen molar-refractivity contribution in [3.8, 4) is 0 Å². The summed E-state index contributed by atoms with van der Waals surface area (Å²) < 4.78 is 39.8. The van der Waals surface area contributed by atoms with E-state index in [1.165, 1.54) is 0 Å². The van der Waals surface area contributed by atoms with Crippen molar-refractivity contribution >= 4 is 0 Å². The van der Waals surface area contributed by atoms with E-state index in [1.807, 2.05) is 13.8 Å². The molecule has 2 N–H and O–H groups in total. The largest absolute Gasteiger partial charge is 0.330 e. The van der Waals surface area contributed by atoms with E-state index in [2.05, 4.69) is 0 Å². The minimum absolute atomic E-state index is 0.0261. The molecule has 0 spiro atoms. The van der Waals surface area contributed by atoms with Crippen LogP contribution >= 0.6 is 0 Å². The summed E-state index contributed by atoms with van der Waals surface area (Å²) in [5, 5.41) is 0. The van der Waals surface area contributed by atoms with Crippen LogP contribution in [-0.2, 0) is 0 Å². The van der Waals surface area contributed by atoms with Crippen molar-refractivity contribution in [2.24, 2.45) is 17.1 Å². The van der Waals surface area contributed by atoms with Gasteiger partial charge in [-0.15, -0.1) is 0 Å². The number of rotatable bonds is 2. The Labute approximate surface area is 92.5 Å². The number of nitrogens with two attached hydrogens (primary N) is 1. The molecule has 0 heterocycles. The minimum Gasteiger partial charge on any atom is -0.330 e. The third-order valence-corrected chi connectivity index (χ3v) is 3.66. The highest BCUT2D eigenvalue weighted by Gasteiger charge is 2.59. The normalized spacial score (nSPS) is 26.9. The van der Waals surface area contributed by atoms with E-state index in [9.17, 15) is 13.2 Å². The van der Waals surface area contributed by atoms with E-state index in [0.29, 0.717) is 6.54 Å². The van der Waals surface area contributed by atoms with Crippen LogP contribution in [0.25, 0.3) is 0 Å². The molecule has 1 aliphatic carbocycles. The van der Waals surface area contributed by atoms with Gasteiger partial charge in [0, 0.05) is 17.7 Å². The Balaban J connectivity index is 2.44. The van der Waals surface area contributed by atoms with Gasteiger partial charge < -0.3 is 5.73 Å². The zero-order valence-electron chi connectivity index (χ0n) is 9.23. The van der Waals surface area contributed by atoms with E-state index in [4.69, 9.17) is 5.73 Å². The fourth-order valence-electron chi connectivity index (χ4n) is 2.61. The highest BCUT2D eigenvalue weighted by molar-refractivity contribution is 5.34. The summed E-state index contributed by atoms with van der Waals surface area (Å²) in [6.07, 6.45) is 0. The number of hydrogen-bond acceptors (Lipinski definition) is 1. The molecule has 88 valence electrons. The first-order valence-electron chi connectivity index (χ1n) is 5.24. The lowest BCUT2D eigenvalue weighted by Crippen LogP contribution is -2.05. The molecule has 1 fully saturated rings. The maximum atomic E-state index is 13.5. The van der Waals surface area contributed by atoms with Crippen molar-refractivity contribution < 1.29 is 13.2 Å². The third kappa shape index (κ3) is 1.52. The molecule has 0 radical (unpaired) electrons. The summed E-state index contributed by atoms with van der Waals surface area (Å²) in [5.74, 6) is -2.71. The quantitative estimate of drug-likeness (QED) is 0.829. The first-order valence-corrected chi connectivity index (χ1v) is 5.24. The van der Waals surface area contributed by atoms with Gasteiger partial charge in [0.25, 0.3) is 0 Å². The van der Waals surface area contributed by atoms with Crippen LogP contribution in [0.3, 0.4) is 0 Å². The topological polar surface area (TPSA) is 26.0 Å². The Morgan fingerprint density at radius 3 is 2.06 bits per heavy atom. The van der Waals surface area contributed by atoms with Crippen LogP contribution in [0, 0.1) is 28.8 Å². The van der Waals surface area contributed by atoms with Gasteiger partial charge in [-0.2, -0.15) is 0 Å². The molecule has 0 aliphatic heterocycles. The van der Waals surface area contributed by atoms with Crippen molar-refractivity contribution in [3.63, 3.8) is 0 Å². The van der Waals surface area contributed by atoms with Crippen LogP contribution in [-0.4, -0.2) is 6.54 Å². The average Bonchev–Trinajstić information content (AvgIpc) is 2.66. The van der Waals surface area contributed by atoms with Crippen LogP contribution in [0.1, 0.15) is 25.3 Å². The van der Waals surface area contributed by atoms with Crippen LogP contribution in [0.4, 0.5) is 13.2 Å². The van der Waals surface area contributed by atoms with E-state index in [-0.39, 0.29) is 22.8 Å². The average molecular weight is 229 g/mol. The molecular weight excluding hydrogens is 215 g/mol. The molecule has 4 heteroatoms. The zero-order chi connectivity index (χ0) is 12.1. The van der Waals surface area contributed by atoms with Gasteiger partial charge in [0.15, 0.2) is 0 Å². The second kappa shape index (κ2) is 3.48. The highest BCUT2D eigenvalue weighted by atomic mass is 19.1. The van der Waals surface area contributed by atoms with Gasteiger partial charge in [0.1, 0.15) is 17.5 Å². The summed E-state index contributed by atoms with van der Waals surface area (Å²) in [6, 6.07) is 1.45. The number of benzene rings is 1.